The molecule has 0 bridgehead atoms. The van der Waals surface area contributed by atoms with Gasteiger partial charge in [-0.3, -0.25) is 4.18 Å². The fourth-order valence-corrected chi connectivity index (χ4v) is 3.26. The molecular formula is C14H20O4S. The smallest absolute Gasteiger partial charge is 0.297 e. The summed E-state index contributed by atoms with van der Waals surface area (Å²) >= 11 is 0. The van der Waals surface area contributed by atoms with Crippen molar-refractivity contribution in [3.8, 4) is 0 Å². The van der Waals surface area contributed by atoms with E-state index in [-0.39, 0.29) is 10.3 Å². The SMILES string of the molecule is Cc1ccc(S(=O)(=O)OC2COCC(C)(C)C2)cc1. The number of hydrogen-bond acceptors (Lipinski definition) is 4. The predicted molar refractivity (Wildman–Crippen MR) is 72.5 cm³/mol. The third-order valence-corrected chi connectivity index (χ3v) is 4.52. The van der Waals surface area contributed by atoms with Gasteiger partial charge in [0.25, 0.3) is 10.1 Å². The minimum Gasteiger partial charge on any atom is -0.378 e. The lowest BCUT2D eigenvalue weighted by Gasteiger charge is -2.34. The van der Waals surface area contributed by atoms with Gasteiger partial charge in [-0.05, 0) is 30.9 Å². The number of aryl methyl sites for hydroxylation is 1. The fraction of sp³-hybridized carbons (Fsp3) is 0.571. The zero-order chi connectivity index (χ0) is 14.1. The maximum Gasteiger partial charge on any atom is 0.297 e. The lowest BCUT2D eigenvalue weighted by molar-refractivity contribution is -0.0544. The highest BCUT2D eigenvalue weighted by molar-refractivity contribution is 7.86. The van der Waals surface area contributed by atoms with Crippen LogP contribution in [0.3, 0.4) is 0 Å². The van der Waals surface area contributed by atoms with Gasteiger partial charge in [-0.1, -0.05) is 31.5 Å². The third kappa shape index (κ3) is 3.78. The number of ether oxygens (including phenoxy) is 1. The van der Waals surface area contributed by atoms with E-state index in [1.807, 2.05) is 20.8 Å². The van der Waals surface area contributed by atoms with E-state index < -0.39 is 16.2 Å². The molecule has 0 saturated carbocycles. The molecule has 5 heteroatoms. The molecule has 106 valence electrons. The molecule has 0 radical (unpaired) electrons. The minimum absolute atomic E-state index is 0.0499. The molecule has 0 N–H and O–H groups in total. The zero-order valence-corrected chi connectivity index (χ0v) is 12.4. The van der Waals surface area contributed by atoms with Crippen LogP contribution in [0.5, 0.6) is 0 Å². The second-order valence-electron chi connectivity index (χ2n) is 5.87. The Morgan fingerprint density at radius 3 is 2.47 bits per heavy atom. The predicted octanol–water partition coefficient (Wildman–Crippen LogP) is 2.52. The monoisotopic (exact) mass is 284 g/mol. The van der Waals surface area contributed by atoms with E-state index in [1.54, 1.807) is 24.3 Å². The number of benzene rings is 1. The van der Waals surface area contributed by atoms with Gasteiger partial charge >= 0.3 is 0 Å². The van der Waals surface area contributed by atoms with E-state index in [0.717, 1.165) is 5.56 Å². The Bertz CT molecular complexity index is 531. The van der Waals surface area contributed by atoms with Crippen LogP contribution >= 0.6 is 0 Å². The second-order valence-corrected chi connectivity index (χ2v) is 7.44. The Labute approximate surface area is 114 Å². The molecular weight excluding hydrogens is 264 g/mol. The van der Waals surface area contributed by atoms with Crippen molar-refractivity contribution in [1.29, 1.82) is 0 Å². The fourth-order valence-electron chi connectivity index (χ4n) is 2.20. The summed E-state index contributed by atoms with van der Waals surface area (Å²) in [5, 5.41) is 0. The average molecular weight is 284 g/mol. The minimum atomic E-state index is -3.71. The molecule has 1 atom stereocenters. The highest BCUT2D eigenvalue weighted by atomic mass is 32.2. The molecule has 1 unspecified atom stereocenters. The summed E-state index contributed by atoms with van der Waals surface area (Å²) < 4.78 is 35.0. The van der Waals surface area contributed by atoms with Crippen molar-refractivity contribution in [2.45, 2.75) is 38.2 Å². The number of rotatable bonds is 3. The van der Waals surface area contributed by atoms with Crippen LogP contribution in [0.2, 0.25) is 0 Å². The summed E-state index contributed by atoms with van der Waals surface area (Å²) in [5.41, 5.74) is 0.965. The maximum absolute atomic E-state index is 12.1. The quantitative estimate of drug-likeness (QED) is 0.800. The van der Waals surface area contributed by atoms with E-state index >= 15 is 0 Å². The first-order valence-electron chi connectivity index (χ1n) is 6.36. The van der Waals surface area contributed by atoms with Crippen molar-refractivity contribution in [3.05, 3.63) is 29.8 Å². The Kier molecular flexibility index (Phi) is 3.99. The van der Waals surface area contributed by atoms with Gasteiger partial charge in [0, 0.05) is 0 Å². The first-order chi connectivity index (χ1) is 8.78. The topological polar surface area (TPSA) is 52.6 Å². The first-order valence-corrected chi connectivity index (χ1v) is 7.77. The van der Waals surface area contributed by atoms with Gasteiger partial charge in [-0.25, -0.2) is 0 Å². The Balaban J connectivity index is 2.11. The largest absolute Gasteiger partial charge is 0.378 e. The van der Waals surface area contributed by atoms with Crippen molar-refractivity contribution < 1.29 is 17.3 Å². The van der Waals surface area contributed by atoms with E-state index in [0.29, 0.717) is 19.6 Å². The third-order valence-electron chi connectivity index (χ3n) is 3.15. The van der Waals surface area contributed by atoms with Crippen LogP contribution in [0, 0.1) is 12.3 Å². The molecule has 0 amide bonds. The van der Waals surface area contributed by atoms with Crippen LogP contribution in [0.1, 0.15) is 25.8 Å². The van der Waals surface area contributed by atoms with Gasteiger partial charge in [-0.2, -0.15) is 8.42 Å². The second kappa shape index (κ2) is 5.23. The van der Waals surface area contributed by atoms with Crippen molar-refractivity contribution >= 4 is 10.1 Å². The standard InChI is InChI=1S/C14H20O4S/c1-11-4-6-13(7-5-11)19(15,16)18-12-8-14(2,3)10-17-9-12/h4-7,12H,8-10H2,1-3H3. The zero-order valence-electron chi connectivity index (χ0n) is 11.5. The van der Waals surface area contributed by atoms with Crippen molar-refractivity contribution in [3.63, 3.8) is 0 Å². The van der Waals surface area contributed by atoms with Gasteiger partial charge in [0.2, 0.25) is 0 Å². The molecule has 0 aliphatic carbocycles. The molecule has 1 aliphatic rings. The van der Waals surface area contributed by atoms with Crippen LogP contribution in [0.4, 0.5) is 0 Å². The molecule has 1 aromatic carbocycles. The Hall–Kier alpha value is -0.910. The van der Waals surface area contributed by atoms with Gasteiger partial charge in [0.1, 0.15) is 6.10 Å². The van der Waals surface area contributed by atoms with Crippen LogP contribution in [0.15, 0.2) is 29.2 Å². The van der Waals surface area contributed by atoms with Crippen molar-refractivity contribution in [1.82, 2.24) is 0 Å². The van der Waals surface area contributed by atoms with E-state index in [4.69, 9.17) is 8.92 Å². The van der Waals surface area contributed by atoms with Gasteiger partial charge < -0.3 is 4.74 Å². The molecule has 1 heterocycles. The van der Waals surface area contributed by atoms with Gasteiger partial charge in [0.05, 0.1) is 18.1 Å². The van der Waals surface area contributed by atoms with Crippen LogP contribution < -0.4 is 0 Å². The normalized spacial score (nSPS) is 23.2. The van der Waals surface area contributed by atoms with Crippen molar-refractivity contribution in [2.24, 2.45) is 5.41 Å². The summed E-state index contributed by atoms with van der Waals surface area (Å²) in [6.45, 7) is 6.96. The average Bonchev–Trinajstić information content (AvgIpc) is 2.27. The molecule has 1 aliphatic heterocycles. The maximum atomic E-state index is 12.1. The first kappa shape index (κ1) is 14.5. The molecule has 1 fully saturated rings. The summed E-state index contributed by atoms with van der Waals surface area (Å²) in [6.07, 6.45) is 0.271. The highest BCUT2D eigenvalue weighted by Gasteiger charge is 2.32. The van der Waals surface area contributed by atoms with E-state index in [9.17, 15) is 8.42 Å². The molecule has 0 spiro atoms. The van der Waals surface area contributed by atoms with E-state index in [1.165, 1.54) is 0 Å². The van der Waals surface area contributed by atoms with Crippen LogP contribution in [0.25, 0.3) is 0 Å². The van der Waals surface area contributed by atoms with Gasteiger partial charge in [0.15, 0.2) is 0 Å². The molecule has 1 saturated heterocycles. The summed E-state index contributed by atoms with van der Waals surface area (Å²) in [6, 6.07) is 6.66. The Morgan fingerprint density at radius 1 is 1.26 bits per heavy atom. The molecule has 4 nitrogen and oxygen atoms in total. The summed E-state index contributed by atoms with van der Waals surface area (Å²) in [4.78, 5) is 0.196. The molecule has 0 aromatic heterocycles. The van der Waals surface area contributed by atoms with Gasteiger partial charge in [-0.15, -0.1) is 0 Å². The van der Waals surface area contributed by atoms with Crippen molar-refractivity contribution in [2.75, 3.05) is 13.2 Å². The molecule has 2 rings (SSSR count). The summed E-state index contributed by atoms with van der Waals surface area (Å²) in [7, 11) is -3.71. The lowest BCUT2D eigenvalue weighted by Crippen LogP contribution is -2.37. The molecule has 1 aromatic rings. The van der Waals surface area contributed by atoms with Crippen LogP contribution in [-0.4, -0.2) is 27.7 Å². The lowest BCUT2D eigenvalue weighted by atomic mass is 9.86. The molecule has 19 heavy (non-hydrogen) atoms. The summed E-state index contributed by atoms with van der Waals surface area (Å²) in [5.74, 6) is 0. The van der Waals surface area contributed by atoms with Crippen LogP contribution in [-0.2, 0) is 19.0 Å². The highest BCUT2D eigenvalue weighted by Crippen LogP contribution is 2.30. The Morgan fingerprint density at radius 2 is 1.89 bits per heavy atom. The number of hydrogen-bond donors (Lipinski definition) is 0. The van der Waals surface area contributed by atoms with E-state index in [2.05, 4.69) is 0 Å².